The molecule has 0 bridgehead atoms. The Morgan fingerprint density at radius 2 is 2.21 bits per heavy atom. The average molecular weight is 260 g/mol. The number of fused-ring (bicyclic) bond motifs is 1. The lowest BCUT2D eigenvalue weighted by atomic mass is 9.91. The second-order valence-electron chi connectivity index (χ2n) is 4.27. The van der Waals surface area contributed by atoms with Gasteiger partial charge >= 0.3 is 5.63 Å². The molecule has 2 radical (unpaired) electrons. The largest absolute Gasteiger partial charge is 0.493 e. The van der Waals surface area contributed by atoms with E-state index in [-0.39, 0.29) is 0 Å². The summed E-state index contributed by atoms with van der Waals surface area (Å²) in [7, 11) is 5.89. The van der Waals surface area contributed by atoms with Crippen LogP contribution in [0.25, 0.3) is 11.0 Å². The molecule has 1 aromatic heterocycles. The van der Waals surface area contributed by atoms with Gasteiger partial charge in [0.1, 0.15) is 25.8 Å². The first-order valence-electron chi connectivity index (χ1n) is 5.94. The highest BCUT2D eigenvalue weighted by atomic mass is 16.5. The van der Waals surface area contributed by atoms with E-state index in [9.17, 15) is 4.79 Å². The topological polar surface area (TPSA) is 88.4 Å². The molecule has 0 spiro atoms. The predicted octanol–water partition coefficient (Wildman–Crippen LogP) is -0.290. The summed E-state index contributed by atoms with van der Waals surface area (Å²) in [4.78, 5) is 11.5. The molecule has 2 aromatic rings. The van der Waals surface area contributed by atoms with Crippen LogP contribution in [0, 0.1) is 0 Å². The van der Waals surface area contributed by atoms with Crippen molar-refractivity contribution in [2.45, 2.75) is 13.0 Å². The molecule has 1 atom stereocenters. The third-order valence-electron chi connectivity index (χ3n) is 2.75. The maximum Gasteiger partial charge on any atom is 0.336 e. The molecule has 0 amide bonds. The Bertz CT molecular complexity index is 651. The van der Waals surface area contributed by atoms with Crippen molar-refractivity contribution in [1.29, 1.82) is 0 Å². The summed E-state index contributed by atoms with van der Waals surface area (Å²) >= 11 is 0. The maximum atomic E-state index is 11.5. The standard InChI is InChI=1S/C13H14BNO4/c1-7(16)8-5-13(17)19-11-6-12(18-3-2-15)10(14)4-9(8)11/h4-7,16H,2-3,15H2,1H3/p+1. The minimum absolute atomic E-state index is 0.328. The van der Waals surface area contributed by atoms with Crippen LogP contribution in [-0.2, 0) is 0 Å². The van der Waals surface area contributed by atoms with Gasteiger partial charge in [-0.05, 0) is 0 Å². The molecule has 0 saturated heterocycles. The Morgan fingerprint density at radius 1 is 1.47 bits per heavy atom. The molecule has 0 saturated carbocycles. The fourth-order valence-electron chi connectivity index (χ4n) is 1.88. The Morgan fingerprint density at radius 3 is 2.84 bits per heavy atom. The van der Waals surface area contributed by atoms with E-state index in [2.05, 4.69) is 0 Å². The van der Waals surface area contributed by atoms with Crippen LogP contribution in [0.1, 0.15) is 18.6 Å². The summed E-state index contributed by atoms with van der Waals surface area (Å²) in [5.41, 5.74) is 6.25. The molecular formula is C13H15BNO4+. The highest BCUT2D eigenvalue weighted by Crippen LogP contribution is 2.24. The van der Waals surface area contributed by atoms with Crippen molar-refractivity contribution in [3.63, 3.8) is 0 Å². The van der Waals surface area contributed by atoms with Crippen LogP contribution in [0.15, 0.2) is 27.4 Å². The lowest BCUT2D eigenvalue weighted by Gasteiger charge is -2.11. The van der Waals surface area contributed by atoms with Gasteiger partial charge in [0, 0.05) is 36.6 Å². The van der Waals surface area contributed by atoms with Gasteiger partial charge in [0.2, 0.25) is 0 Å². The van der Waals surface area contributed by atoms with Gasteiger partial charge in [0.05, 0.1) is 0 Å². The third-order valence-corrected chi connectivity index (χ3v) is 2.75. The van der Waals surface area contributed by atoms with Crippen LogP contribution < -0.4 is 21.6 Å². The molecule has 0 fully saturated rings. The zero-order chi connectivity index (χ0) is 14.0. The SMILES string of the molecule is [B]c1cc2c(C(C)[OH2+])cc(=O)oc2cc1OCCN. The number of benzene rings is 1. The number of hydrogen-bond acceptors (Lipinski definition) is 4. The van der Waals surface area contributed by atoms with Gasteiger partial charge in [-0.3, -0.25) is 0 Å². The highest BCUT2D eigenvalue weighted by molar-refractivity contribution is 6.35. The van der Waals surface area contributed by atoms with Crippen LogP contribution in [0.3, 0.4) is 0 Å². The molecular weight excluding hydrogens is 245 g/mol. The highest BCUT2D eigenvalue weighted by Gasteiger charge is 2.15. The zero-order valence-corrected chi connectivity index (χ0v) is 10.6. The Balaban J connectivity index is 2.63. The Hall–Kier alpha value is -1.79. The van der Waals surface area contributed by atoms with Crippen LogP contribution in [0.4, 0.5) is 0 Å². The number of rotatable bonds is 4. The fraction of sp³-hybridized carbons (Fsp3) is 0.308. The van der Waals surface area contributed by atoms with Crippen LogP contribution in [0.5, 0.6) is 5.75 Å². The smallest absolute Gasteiger partial charge is 0.336 e. The molecule has 1 unspecified atom stereocenters. The molecule has 0 aliphatic heterocycles. The molecule has 0 aliphatic carbocycles. The molecule has 4 N–H and O–H groups in total. The molecule has 1 aromatic carbocycles. The van der Waals surface area contributed by atoms with Crippen molar-refractivity contribution >= 4 is 24.3 Å². The van der Waals surface area contributed by atoms with Crippen LogP contribution >= 0.6 is 0 Å². The second kappa shape index (κ2) is 5.46. The molecule has 19 heavy (non-hydrogen) atoms. The number of ether oxygens (including phenoxy) is 1. The lowest BCUT2D eigenvalue weighted by molar-refractivity contribution is 0.200. The molecule has 0 aliphatic rings. The van der Waals surface area contributed by atoms with Crippen molar-refractivity contribution in [2.75, 3.05) is 13.2 Å². The van der Waals surface area contributed by atoms with Gasteiger partial charge in [0.25, 0.3) is 0 Å². The number of hydrogen-bond donors (Lipinski definition) is 1. The van der Waals surface area contributed by atoms with Crippen molar-refractivity contribution in [3.05, 3.63) is 34.2 Å². The van der Waals surface area contributed by atoms with Crippen molar-refractivity contribution in [3.8, 4) is 5.75 Å². The first kappa shape index (κ1) is 13.6. The fourth-order valence-corrected chi connectivity index (χ4v) is 1.88. The quantitative estimate of drug-likeness (QED) is 0.464. The van der Waals surface area contributed by atoms with E-state index in [4.69, 9.17) is 27.8 Å². The first-order chi connectivity index (χ1) is 9.02. The van der Waals surface area contributed by atoms with E-state index in [0.717, 1.165) is 0 Å². The minimum Gasteiger partial charge on any atom is -0.493 e. The summed E-state index contributed by atoms with van der Waals surface area (Å²) in [6.45, 7) is 2.38. The average Bonchev–Trinajstić information content (AvgIpc) is 2.36. The van der Waals surface area contributed by atoms with Gasteiger partial charge < -0.3 is 20.0 Å². The van der Waals surface area contributed by atoms with Crippen LogP contribution in [0.2, 0.25) is 0 Å². The van der Waals surface area contributed by atoms with Gasteiger partial charge in [0.15, 0.2) is 6.10 Å². The van der Waals surface area contributed by atoms with Gasteiger partial charge in [-0.25, -0.2) is 4.79 Å². The zero-order valence-electron chi connectivity index (χ0n) is 10.6. The molecule has 1 heterocycles. The predicted molar refractivity (Wildman–Crippen MR) is 74.5 cm³/mol. The Kier molecular flexibility index (Phi) is 3.92. The second-order valence-corrected chi connectivity index (χ2v) is 4.27. The van der Waals surface area contributed by atoms with Gasteiger partial charge in [-0.1, -0.05) is 11.5 Å². The van der Waals surface area contributed by atoms with Gasteiger partial charge in [-0.2, -0.15) is 0 Å². The summed E-state index contributed by atoms with van der Waals surface area (Å²) in [6, 6.07) is 4.54. The Labute approximate surface area is 111 Å². The van der Waals surface area contributed by atoms with Crippen LogP contribution in [-0.4, -0.2) is 26.1 Å². The van der Waals surface area contributed by atoms with E-state index in [1.54, 1.807) is 19.1 Å². The number of nitrogens with two attached hydrogens (primary N) is 1. The summed E-state index contributed by atoms with van der Waals surface area (Å²) < 4.78 is 10.5. The molecule has 2 rings (SSSR count). The monoisotopic (exact) mass is 260 g/mol. The van der Waals surface area contributed by atoms with Crippen molar-refractivity contribution in [2.24, 2.45) is 5.73 Å². The lowest BCUT2D eigenvalue weighted by Crippen LogP contribution is -2.16. The molecule has 98 valence electrons. The van der Waals surface area contributed by atoms with E-state index in [1.165, 1.54) is 6.07 Å². The van der Waals surface area contributed by atoms with E-state index in [0.29, 0.717) is 40.9 Å². The van der Waals surface area contributed by atoms with Crippen molar-refractivity contribution in [1.82, 2.24) is 0 Å². The summed E-state index contributed by atoms with van der Waals surface area (Å²) in [6.07, 6.45) is -0.540. The maximum absolute atomic E-state index is 11.5. The summed E-state index contributed by atoms with van der Waals surface area (Å²) in [5.74, 6) is 0.427. The van der Waals surface area contributed by atoms with Gasteiger partial charge in [-0.15, -0.1) is 0 Å². The van der Waals surface area contributed by atoms with E-state index < -0.39 is 11.7 Å². The van der Waals surface area contributed by atoms with E-state index >= 15 is 0 Å². The molecule has 6 heteroatoms. The normalized spacial score (nSPS) is 12.6. The van der Waals surface area contributed by atoms with Crippen molar-refractivity contribution < 1.29 is 14.3 Å². The molecule has 5 nitrogen and oxygen atoms in total. The third kappa shape index (κ3) is 2.80. The van der Waals surface area contributed by atoms with E-state index in [1.807, 2.05) is 0 Å². The summed E-state index contributed by atoms with van der Waals surface area (Å²) in [5, 5.41) is 8.42. The first-order valence-corrected chi connectivity index (χ1v) is 5.94. The minimum atomic E-state index is -0.540.